The molecule has 0 bridgehead atoms. The fraction of sp³-hybridized carbons (Fsp3) is 0.571. The van der Waals surface area contributed by atoms with Crippen molar-refractivity contribution >= 4 is 15.7 Å². The lowest BCUT2D eigenvalue weighted by molar-refractivity contribution is -0.385. The highest BCUT2D eigenvalue weighted by atomic mass is 32.2. The van der Waals surface area contributed by atoms with E-state index in [0.717, 1.165) is 12.5 Å². The number of hydrogen-bond acceptors (Lipinski definition) is 5. The molecule has 1 heterocycles. The van der Waals surface area contributed by atoms with Gasteiger partial charge in [0.05, 0.1) is 15.9 Å². The Labute approximate surface area is 130 Å². The number of ether oxygens (including phenoxy) is 1. The highest BCUT2D eigenvalue weighted by molar-refractivity contribution is 7.89. The van der Waals surface area contributed by atoms with Crippen molar-refractivity contribution in [2.45, 2.75) is 37.7 Å². The van der Waals surface area contributed by atoms with Gasteiger partial charge in [-0.3, -0.25) is 10.1 Å². The molecule has 0 saturated carbocycles. The summed E-state index contributed by atoms with van der Waals surface area (Å²) in [5, 5.41) is 11.1. The molecule has 1 aliphatic rings. The minimum atomic E-state index is -3.75. The number of nitro benzene ring substituents is 1. The third kappa shape index (κ3) is 3.13. The van der Waals surface area contributed by atoms with Gasteiger partial charge in [0, 0.05) is 31.8 Å². The van der Waals surface area contributed by atoms with Gasteiger partial charge in [0.1, 0.15) is 0 Å². The maximum Gasteiger partial charge on any atom is 0.273 e. The van der Waals surface area contributed by atoms with Crippen LogP contribution in [0.2, 0.25) is 0 Å². The molecule has 1 aromatic carbocycles. The summed E-state index contributed by atoms with van der Waals surface area (Å²) in [4.78, 5) is 10.5. The molecule has 8 heteroatoms. The van der Waals surface area contributed by atoms with Crippen LogP contribution in [0.25, 0.3) is 0 Å². The van der Waals surface area contributed by atoms with Crippen molar-refractivity contribution < 1.29 is 18.1 Å². The van der Waals surface area contributed by atoms with E-state index < -0.39 is 14.9 Å². The fourth-order valence-electron chi connectivity index (χ4n) is 2.61. The van der Waals surface area contributed by atoms with E-state index in [-0.39, 0.29) is 23.2 Å². The highest BCUT2D eigenvalue weighted by Gasteiger charge is 2.32. The molecule has 0 amide bonds. The molecule has 1 aromatic rings. The minimum Gasteiger partial charge on any atom is -0.380 e. The third-order valence-electron chi connectivity index (χ3n) is 4.12. The molecule has 1 aliphatic heterocycles. The summed E-state index contributed by atoms with van der Waals surface area (Å²) in [6, 6.07) is 2.64. The van der Waals surface area contributed by atoms with Gasteiger partial charge in [-0.05, 0) is 38.3 Å². The lowest BCUT2D eigenvalue weighted by Gasteiger charge is -2.31. The van der Waals surface area contributed by atoms with E-state index in [0.29, 0.717) is 24.1 Å². The molecule has 0 aromatic heterocycles. The summed E-state index contributed by atoms with van der Waals surface area (Å²) in [6.07, 6.45) is 1.39. The van der Waals surface area contributed by atoms with Crippen molar-refractivity contribution in [1.29, 1.82) is 0 Å². The van der Waals surface area contributed by atoms with E-state index in [4.69, 9.17) is 4.74 Å². The standard InChI is InChI=1S/C14H20N2O5S/c1-10-7-13(8-14(11(10)2)16(17)18)22(19,20)15-6-4-5-12(9-15)21-3/h7-8,12H,4-6,9H2,1-3H3. The Morgan fingerprint density at radius 1 is 1.36 bits per heavy atom. The van der Waals surface area contributed by atoms with Crippen molar-refractivity contribution in [2.75, 3.05) is 20.2 Å². The van der Waals surface area contributed by atoms with E-state index in [1.807, 2.05) is 0 Å². The van der Waals surface area contributed by atoms with Crippen LogP contribution in [0.15, 0.2) is 17.0 Å². The van der Waals surface area contributed by atoms with Crippen molar-refractivity contribution in [3.63, 3.8) is 0 Å². The van der Waals surface area contributed by atoms with Gasteiger partial charge >= 0.3 is 0 Å². The normalized spacial score (nSPS) is 20.0. The summed E-state index contributed by atoms with van der Waals surface area (Å²) < 4.78 is 32.1. The van der Waals surface area contributed by atoms with Crippen LogP contribution >= 0.6 is 0 Å². The summed E-state index contributed by atoms with van der Waals surface area (Å²) in [7, 11) is -2.19. The molecule has 1 fully saturated rings. The average Bonchev–Trinajstić information content (AvgIpc) is 2.49. The lowest BCUT2D eigenvalue weighted by atomic mass is 10.1. The molecule has 122 valence electrons. The van der Waals surface area contributed by atoms with Gasteiger partial charge in [-0.25, -0.2) is 8.42 Å². The first-order valence-electron chi connectivity index (χ1n) is 7.06. The number of aryl methyl sites for hydroxylation is 1. The number of rotatable bonds is 4. The van der Waals surface area contributed by atoms with E-state index >= 15 is 0 Å². The van der Waals surface area contributed by atoms with Crippen LogP contribution in [0.4, 0.5) is 5.69 Å². The van der Waals surface area contributed by atoms with Gasteiger partial charge in [0.2, 0.25) is 10.0 Å². The minimum absolute atomic E-state index is 0.0287. The number of nitro groups is 1. The second-order valence-corrected chi connectivity index (χ2v) is 7.44. The number of sulfonamides is 1. The van der Waals surface area contributed by atoms with Crippen molar-refractivity contribution in [1.82, 2.24) is 4.31 Å². The van der Waals surface area contributed by atoms with Crippen LogP contribution in [0.5, 0.6) is 0 Å². The van der Waals surface area contributed by atoms with Crippen molar-refractivity contribution in [2.24, 2.45) is 0 Å². The van der Waals surface area contributed by atoms with Gasteiger partial charge in [-0.1, -0.05) is 0 Å². The molecule has 0 aliphatic carbocycles. The Morgan fingerprint density at radius 3 is 2.64 bits per heavy atom. The summed E-state index contributed by atoms with van der Waals surface area (Å²) in [5.74, 6) is 0. The molecule has 7 nitrogen and oxygen atoms in total. The second-order valence-electron chi connectivity index (χ2n) is 5.50. The number of piperidine rings is 1. The quantitative estimate of drug-likeness (QED) is 0.623. The summed E-state index contributed by atoms with van der Waals surface area (Å²) in [5.41, 5.74) is 0.907. The molecule has 1 unspecified atom stereocenters. The Kier molecular flexibility index (Phi) is 4.84. The van der Waals surface area contributed by atoms with Crippen molar-refractivity contribution in [3.8, 4) is 0 Å². The van der Waals surface area contributed by atoms with E-state index in [9.17, 15) is 18.5 Å². The number of methoxy groups -OCH3 is 1. The maximum absolute atomic E-state index is 12.7. The predicted molar refractivity (Wildman–Crippen MR) is 81.4 cm³/mol. The Balaban J connectivity index is 2.43. The maximum atomic E-state index is 12.7. The molecule has 0 spiro atoms. The third-order valence-corrected chi connectivity index (χ3v) is 5.97. The Bertz CT molecular complexity index is 687. The number of benzene rings is 1. The van der Waals surface area contributed by atoms with Gasteiger partial charge in [0.15, 0.2) is 0 Å². The summed E-state index contributed by atoms with van der Waals surface area (Å²) >= 11 is 0. The van der Waals surface area contributed by atoms with Crippen molar-refractivity contribution in [3.05, 3.63) is 33.4 Å². The molecule has 0 N–H and O–H groups in total. The molecular formula is C14H20N2O5S. The first-order chi connectivity index (χ1) is 10.3. The molecule has 2 rings (SSSR count). The van der Waals surface area contributed by atoms with Gasteiger partial charge in [-0.2, -0.15) is 4.31 Å². The van der Waals surface area contributed by atoms with Crippen LogP contribution in [-0.2, 0) is 14.8 Å². The first kappa shape index (κ1) is 16.9. The first-order valence-corrected chi connectivity index (χ1v) is 8.50. The van der Waals surface area contributed by atoms with Crippen LogP contribution < -0.4 is 0 Å². The fourth-order valence-corrected chi connectivity index (χ4v) is 4.23. The SMILES string of the molecule is COC1CCCN(S(=O)(=O)c2cc(C)c(C)c([N+](=O)[O-])c2)C1. The molecule has 1 atom stereocenters. The van der Waals surface area contributed by atoms with E-state index in [2.05, 4.69) is 0 Å². The smallest absolute Gasteiger partial charge is 0.273 e. The van der Waals surface area contributed by atoms with Gasteiger partial charge in [-0.15, -0.1) is 0 Å². The molecule has 22 heavy (non-hydrogen) atoms. The molecular weight excluding hydrogens is 308 g/mol. The van der Waals surface area contributed by atoms with E-state index in [1.54, 1.807) is 21.0 Å². The zero-order valence-corrected chi connectivity index (χ0v) is 13.7. The topological polar surface area (TPSA) is 89.8 Å². The number of hydrogen-bond donors (Lipinski definition) is 0. The number of nitrogens with zero attached hydrogens (tertiary/aromatic N) is 2. The monoisotopic (exact) mass is 328 g/mol. The van der Waals surface area contributed by atoms with Crippen LogP contribution in [0.1, 0.15) is 24.0 Å². The van der Waals surface area contributed by atoms with Crippen LogP contribution in [0.3, 0.4) is 0 Å². The zero-order chi connectivity index (χ0) is 16.5. The molecule has 0 radical (unpaired) electrons. The highest BCUT2D eigenvalue weighted by Crippen LogP contribution is 2.29. The van der Waals surface area contributed by atoms with Crippen LogP contribution in [0, 0.1) is 24.0 Å². The van der Waals surface area contributed by atoms with Gasteiger partial charge in [0.25, 0.3) is 5.69 Å². The Hall–Kier alpha value is -1.51. The average molecular weight is 328 g/mol. The molecule has 1 saturated heterocycles. The lowest BCUT2D eigenvalue weighted by Crippen LogP contribution is -2.42. The van der Waals surface area contributed by atoms with Crippen LogP contribution in [-0.4, -0.2) is 43.9 Å². The van der Waals surface area contributed by atoms with E-state index in [1.165, 1.54) is 10.4 Å². The van der Waals surface area contributed by atoms with Gasteiger partial charge < -0.3 is 4.74 Å². The largest absolute Gasteiger partial charge is 0.380 e. The summed E-state index contributed by atoms with van der Waals surface area (Å²) in [6.45, 7) is 3.98. The Morgan fingerprint density at radius 2 is 2.05 bits per heavy atom. The second kappa shape index (κ2) is 6.31. The zero-order valence-electron chi connectivity index (χ0n) is 12.9. The predicted octanol–water partition coefficient (Wildman–Crippen LogP) is 2.01.